The van der Waals surface area contributed by atoms with E-state index >= 15 is 0 Å². The third-order valence-corrected chi connectivity index (χ3v) is 6.24. The molecule has 3 heterocycles. The smallest absolute Gasteiger partial charge is 0.276 e. The third kappa shape index (κ3) is 4.40. The Kier molecular flexibility index (Phi) is 6.18. The molecule has 32 heavy (non-hydrogen) atoms. The Labute approximate surface area is 188 Å². The van der Waals surface area contributed by atoms with E-state index in [9.17, 15) is 4.79 Å². The van der Waals surface area contributed by atoms with Crippen molar-refractivity contribution in [2.45, 2.75) is 6.04 Å². The van der Waals surface area contributed by atoms with Crippen LogP contribution < -0.4 is 4.90 Å². The number of anilines is 1. The van der Waals surface area contributed by atoms with Gasteiger partial charge in [0, 0.05) is 45.3 Å². The number of hydrogen-bond donors (Lipinski definition) is 0. The Hall–Kier alpha value is -3.16. The number of ether oxygens (including phenoxy) is 1. The van der Waals surface area contributed by atoms with E-state index in [1.165, 1.54) is 11.1 Å². The normalized spacial score (nSPS) is 17.7. The number of rotatable bonds is 5. The quantitative estimate of drug-likeness (QED) is 0.618. The molecule has 1 amide bonds. The Bertz CT molecular complexity index is 970. The monoisotopic (exact) mass is 432 g/mol. The lowest BCUT2D eigenvalue weighted by molar-refractivity contribution is 0.0587. The average Bonchev–Trinajstić information content (AvgIpc) is 3.37. The van der Waals surface area contributed by atoms with Gasteiger partial charge in [-0.05, 0) is 11.1 Å². The minimum Gasteiger partial charge on any atom is -0.378 e. The molecular weight excluding hydrogens is 404 g/mol. The molecule has 1 aromatic heterocycles. The lowest BCUT2D eigenvalue weighted by Crippen LogP contribution is -2.50. The van der Waals surface area contributed by atoms with Crippen LogP contribution >= 0.6 is 0 Å². The number of benzene rings is 2. The van der Waals surface area contributed by atoms with Gasteiger partial charge in [-0.2, -0.15) is 0 Å². The Morgan fingerprint density at radius 1 is 0.812 bits per heavy atom. The molecule has 0 bridgehead atoms. The maximum absolute atomic E-state index is 13.1. The van der Waals surface area contributed by atoms with Crippen molar-refractivity contribution in [3.05, 3.63) is 83.6 Å². The van der Waals surface area contributed by atoms with Gasteiger partial charge in [-0.15, -0.1) is 0 Å². The molecule has 0 spiro atoms. The first-order valence-corrected chi connectivity index (χ1v) is 11.2. The van der Waals surface area contributed by atoms with Gasteiger partial charge in [0.05, 0.1) is 19.3 Å². The predicted molar refractivity (Wildman–Crippen MR) is 122 cm³/mol. The number of amides is 1. The molecule has 0 saturated carbocycles. The summed E-state index contributed by atoms with van der Waals surface area (Å²) in [5, 5.41) is 4.05. The summed E-state index contributed by atoms with van der Waals surface area (Å²) in [4.78, 5) is 19.5. The molecule has 0 radical (unpaired) electrons. The lowest BCUT2D eigenvalue weighted by atomic mass is 9.96. The Morgan fingerprint density at radius 2 is 1.41 bits per heavy atom. The summed E-state index contributed by atoms with van der Waals surface area (Å²) < 4.78 is 10.8. The molecule has 7 heteroatoms. The molecule has 166 valence electrons. The van der Waals surface area contributed by atoms with Crippen LogP contribution in [0.1, 0.15) is 27.7 Å². The number of piperazine rings is 1. The molecule has 5 rings (SSSR count). The molecule has 2 aliphatic rings. The maximum Gasteiger partial charge on any atom is 0.276 e. The van der Waals surface area contributed by atoms with E-state index in [4.69, 9.17) is 9.26 Å². The lowest BCUT2D eigenvalue weighted by Gasteiger charge is -2.39. The van der Waals surface area contributed by atoms with Gasteiger partial charge in [-0.25, -0.2) is 0 Å². The fourth-order valence-corrected chi connectivity index (χ4v) is 4.53. The highest BCUT2D eigenvalue weighted by molar-refractivity contribution is 5.93. The van der Waals surface area contributed by atoms with Crippen molar-refractivity contribution in [3.8, 4) is 0 Å². The molecule has 0 aliphatic carbocycles. The van der Waals surface area contributed by atoms with Gasteiger partial charge in [0.2, 0.25) is 5.88 Å². The van der Waals surface area contributed by atoms with E-state index < -0.39 is 0 Å². The third-order valence-electron chi connectivity index (χ3n) is 6.24. The van der Waals surface area contributed by atoms with Gasteiger partial charge in [0.15, 0.2) is 5.69 Å². The minimum absolute atomic E-state index is 0.0659. The van der Waals surface area contributed by atoms with Crippen LogP contribution in [0.5, 0.6) is 0 Å². The van der Waals surface area contributed by atoms with Crippen molar-refractivity contribution in [3.63, 3.8) is 0 Å². The summed E-state index contributed by atoms with van der Waals surface area (Å²) in [5.74, 6) is 0.576. The van der Waals surface area contributed by atoms with E-state index in [2.05, 4.69) is 63.5 Å². The number of carbonyl (C=O) groups is 1. The minimum atomic E-state index is -0.0659. The van der Waals surface area contributed by atoms with Crippen molar-refractivity contribution in [2.24, 2.45) is 0 Å². The highest BCUT2D eigenvalue weighted by Crippen LogP contribution is 2.29. The fraction of sp³-hybridized carbons (Fsp3) is 0.360. The van der Waals surface area contributed by atoms with Crippen LogP contribution in [0.15, 0.2) is 71.3 Å². The van der Waals surface area contributed by atoms with E-state index in [0.717, 1.165) is 26.2 Å². The van der Waals surface area contributed by atoms with Gasteiger partial charge in [-0.3, -0.25) is 9.69 Å². The topological polar surface area (TPSA) is 62.1 Å². The summed E-state index contributed by atoms with van der Waals surface area (Å²) in [6.45, 7) is 5.75. The number of morpholine rings is 1. The molecule has 2 aliphatic heterocycles. The first kappa shape index (κ1) is 20.7. The highest BCUT2D eigenvalue weighted by atomic mass is 16.5. The predicted octanol–water partition coefficient (Wildman–Crippen LogP) is 3.06. The molecule has 3 aromatic rings. The zero-order valence-electron chi connectivity index (χ0n) is 18.1. The zero-order valence-corrected chi connectivity index (χ0v) is 18.1. The van der Waals surface area contributed by atoms with Crippen LogP contribution in [0.4, 0.5) is 5.88 Å². The largest absolute Gasteiger partial charge is 0.378 e. The number of aromatic nitrogens is 1. The van der Waals surface area contributed by atoms with Crippen molar-refractivity contribution in [1.29, 1.82) is 0 Å². The van der Waals surface area contributed by atoms with Gasteiger partial charge < -0.3 is 19.1 Å². The molecule has 0 atom stereocenters. The Morgan fingerprint density at radius 3 is 2.00 bits per heavy atom. The zero-order chi connectivity index (χ0) is 21.8. The van der Waals surface area contributed by atoms with Crippen LogP contribution in [-0.4, -0.2) is 73.3 Å². The highest BCUT2D eigenvalue weighted by Gasteiger charge is 2.30. The van der Waals surface area contributed by atoms with E-state index in [-0.39, 0.29) is 11.9 Å². The first-order chi connectivity index (χ1) is 15.8. The van der Waals surface area contributed by atoms with Crippen LogP contribution in [0.3, 0.4) is 0 Å². The Balaban J connectivity index is 1.26. The van der Waals surface area contributed by atoms with Crippen molar-refractivity contribution in [2.75, 3.05) is 57.4 Å². The second-order valence-corrected chi connectivity index (χ2v) is 8.20. The van der Waals surface area contributed by atoms with Crippen molar-refractivity contribution in [1.82, 2.24) is 15.0 Å². The van der Waals surface area contributed by atoms with E-state index in [1.54, 1.807) is 6.07 Å². The van der Waals surface area contributed by atoms with Gasteiger partial charge in [-0.1, -0.05) is 65.8 Å². The van der Waals surface area contributed by atoms with E-state index in [0.29, 0.717) is 37.9 Å². The summed E-state index contributed by atoms with van der Waals surface area (Å²) in [7, 11) is 0. The standard InChI is InChI=1S/C25H28N4O3/c30-25(22-19-23(32-26-22)27-15-17-31-18-16-27)29-13-11-28(12-14-29)24(20-7-3-1-4-8-20)21-9-5-2-6-10-21/h1-10,19,24H,11-18H2. The van der Waals surface area contributed by atoms with Crippen molar-refractivity contribution >= 4 is 11.8 Å². The fourth-order valence-electron chi connectivity index (χ4n) is 4.53. The number of hydrogen-bond acceptors (Lipinski definition) is 6. The summed E-state index contributed by atoms with van der Waals surface area (Å²) in [6.07, 6.45) is 0. The van der Waals surface area contributed by atoms with E-state index in [1.807, 2.05) is 17.0 Å². The van der Waals surface area contributed by atoms with Crippen molar-refractivity contribution < 1.29 is 14.1 Å². The maximum atomic E-state index is 13.1. The molecule has 2 saturated heterocycles. The average molecular weight is 433 g/mol. The van der Waals surface area contributed by atoms with Crippen LogP contribution in [0, 0.1) is 0 Å². The SMILES string of the molecule is O=C(c1cc(N2CCOCC2)on1)N1CCN(C(c2ccccc2)c2ccccc2)CC1. The summed E-state index contributed by atoms with van der Waals surface area (Å²) in [6, 6.07) is 23.1. The first-order valence-electron chi connectivity index (χ1n) is 11.2. The number of carbonyl (C=O) groups excluding carboxylic acids is 1. The van der Waals surface area contributed by atoms with Crippen LogP contribution in [0.25, 0.3) is 0 Å². The summed E-state index contributed by atoms with van der Waals surface area (Å²) in [5.41, 5.74) is 2.91. The second-order valence-electron chi connectivity index (χ2n) is 8.20. The van der Waals surface area contributed by atoms with Crippen LogP contribution in [0.2, 0.25) is 0 Å². The second kappa shape index (κ2) is 9.54. The van der Waals surface area contributed by atoms with Gasteiger partial charge in [0.1, 0.15) is 0 Å². The molecular formula is C25H28N4O3. The molecule has 2 fully saturated rings. The van der Waals surface area contributed by atoms with Gasteiger partial charge in [0.25, 0.3) is 5.91 Å². The molecule has 0 unspecified atom stereocenters. The molecule has 0 N–H and O–H groups in total. The number of nitrogens with zero attached hydrogens (tertiary/aromatic N) is 4. The summed E-state index contributed by atoms with van der Waals surface area (Å²) >= 11 is 0. The molecule has 2 aromatic carbocycles. The van der Waals surface area contributed by atoms with Crippen LogP contribution in [-0.2, 0) is 4.74 Å². The van der Waals surface area contributed by atoms with Gasteiger partial charge >= 0.3 is 0 Å². The molecule has 7 nitrogen and oxygen atoms in total.